The summed E-state index contributed by atoms with van der Waals surface area (Å²) in [6, 6.07) is 4.44. The lowest BCUT2D eigenvalue weighted by Crippen LogP contribution is -2.40. The third-order valence-electron chi connectivity index (χ3n) is 3.07. The van der Waals surface area contributed by atoms with Gasteiger partial charge in [-0.1, -0.05) is 15.9 Å². The molecule has 92 valence electrons. The van der Waals surface area contributed by atoms with Crippen molar-refractivity contribution < 1.29 is 9.18 Å². The predicted molar refractivity (Wildman–Crippen MR) is 67.2 cm³/mol. The van der Waals surface area contributed by atoms with Gasteiger partial charge in [0.2, 0.25) is 0 Å². The first-order chi connectivity index (χ1) is 8.13. The Kier molecular flexibility index (Phi) is 3.79. The number of likely N-dealkylation sites (tertiary alicyclic amines) is 1. The van der Waals surface area contributed by atoms with Crippen LogP contribution in [0.1, 0.15) is 23.2 Å². The van der Waals surface area contributed by atoms with E-state index in [0.717, 1.165) is 12.8 Å². The predicted octanol–water partition coefficient (Wildman–Crippen LogP) is 2.15. The Labute approximate surface area is 108 Å². The van der Waals surface area contributed by atoms with E-state index in [1.807, 2.05) is 0 Å². The Bertz CT molecular complexity index is 439. The lowest BCUT2D eigenvalue weighted by Gasteiger charge is -2.23. The molecule has 1 saturated heterocycles. The largest absolute Gasteiger partial charge is 0.334 e. The second kappa shape index (κ2) is 5.14. The number of carbonyl (C=O) groups is 1. The van der Waals surface area contributed by atoms with Crippen molar-refractivity contribution in [3.63, 3.8) is 0 Å². The number of amides is 1. The van der Waals surface area contributed by atoms with E-state index in [-0.39, 0.29) is 17.5 Å². The zero-order chi connectivity index (χ0) is 12.4. The number of nitrogens with two attached hydrogens (primary N) is 1. The van der Waals surface area contributed by atoms with Crippen molar-refractivity contribution in [1.29, 1.82) is 0 Å². The standard InChI is InChI=1S/C12H14BrFN2O/c13-8-3-4-11(14)10(6-8)12(17)16-5-1-2-9(16)7-15/h3-4,6,9H,1-2,5,7,15H2. The number of nitrogens with zero attached hydrogens (tertiary/aromatic N) is 1. The molecule has 1 aliphatic heterocycles. The van der Waals surface area contributed by atoms with Crippen LogP contribution in [0.5, 0.6) is 0 Å². The van der Waals surface area contributed by atoms with Crippen LogP contribution in [0.2, 0.25) is 0 Å². The molecule has 0 aliphatic carbocycles. The molecule has 0 saturated carbocycles. The molecule has 1 aromatic carbocycles. The Balaban J connectivity index is 2.27. The minimum atomic E-state index is -0.485. The molecule has 1 heterocycles. The molecule has 17 heavy (non-hydrogen) atoms. The van der Waals surface area contributed by atoms with Gasteiger partial charge in [0.15, 0.2) is 0 Å². The van der Waals surface area contributed by atoms with E-state index >= 15 is 0 Å². The van der Waals surface area contributed by atoms with Gasteiger partial charge in [-0.2, -0.15) is 0 Å². The van der Waals surface area contributed by atoms with Crippen LogP contribution in [0.3, 0.4) is 0 Å². The zero-order valence-corrected chi connectivity index (χ0v) is 10.9. The molecule has 5 heteroatoms. The Morgan fingerprint density at radius 1 is 1.59 bits per heavy atom. The van der Waals surface area contributed by atoms with Gasteiger partial charge in [0.05, 0.1) is 5.56 Å². The van der Waals surface area contributed by atoms with Crippen molar-refractivity contribution in [3.8, 4) is 0 Å². The van der Waals surface area contributed by atoms with E-state index in [4.69, 9.17) is 5.73 Å². The summed E-state index contributed by atoms with van der Waals surface area (Å²) in [5, 5.41) is 0. The van der Waals surface area contributed by atoms with Crippen molar-refractivity contribution >= 4 is 21.8 Å². The summed E-state index contributed by atoms with van der Waals surface area (Å²) in [6.07, 6.45) is 1.83. The summed E-state index contributed by atoms with van der Waals surface area (Å²) in [7, 11) is 0. The van der Waals surface area contributed by atoms with Crippen LogP contribution in [0, 0.1) is 5.82 Å². The smallest absolute Gasteiger partial charge is 0.257 e. The highest BCUT2D eigenvalue weighted by Crippen LogP contribution is 2.22. The van der Waals surface area contributed by atoms with Gasteiger partial charge in [0.25, 0.3) is 5.91 Å². The van der Waals surface area contributed by atoms with Gasteiger partial charge in [-0.3, -0.25) is 4.79 Å². The summed E-state index contributed by atoms with van der Waals surface area (Å²) in [4.78, 5) is 13.9. The Morgan fingerprint density at radius 3 is 3.06 bits per heavy atom. The fourth-order valence-corrected chi connectivity index (χ4v) is 2.53. The molecular formula is C12H14BrFN2O. The number of hydrogen-bond acceptors (Lipinski definition) is 2. The fourth-order valence-electron chi connectivity index (χ4n) is 2.16. The van der Waals surface area contributed by atoms with Gasteiger partial charge in [-0.15, -0.1) is 0 Å². The van der Waals surface area contributed by atoms with E-state index in [1.165, 1.54) is 12.1 Å². The molecule has 0 bridgehead atoms. The molecule has 1 fully saturated rings. The van der Waals surface area contributed by atoms with Crippen LogP contribution in [-0.2, 0) is 0 Å². The van der Waals surface area contributed by atoms with Crippen molar-refractivity contribution in [2.24, 2.45) is 5.73 Å². The van der Waals surface area contributed by atoms with Crippen molar-refractivity contribution in [2.45, 2.75) is 18.9 Å². The van der Waals surface area contributed by atoms with Gasteiger partial charge in [0, 0.05) is 23.6 Å². The summed E-state index contributed by atoms with van der Waals surface area (Å²) >= 11 is 3.24. The summed E-state index contributed by atoms with van der Waals surface area (Å²) in [6.45, 7) is 1.09. The van der Waals surface area contributed by atoms with E-state index in [9.17, 15) is 9.18 Å². The molecule has 2 rings (SSSR count). The first-order valence-corrected chi connectivity index (χ1v) is 6.39. The van der Waals surface area contributed by atoms with Gasteiger partial charge < -0.3 is 10.6 Å². The average Bonchev–Trinajstić information content (AvgIpc) is 2.79. The highest BCUT2D eigenvalue weighted by atomic mass is 79.9. The van der Waals surface area contributed by atoms with E-state index in [0.29, 0.717) is 17.6 Å². The first kappa shape index (κ1) is 12.5. The third-order valence-corrected chi connectivity index (χ3v) is 3.56. The summed E-state index contributed by atoms with van der Waals surface area (Å²) < 4.78 is 14.3. The van der Waals surface area contributed by atoms with Gasteiger partial charge in [-0.25, -0.2) is 4.39 Å². The monoisotopic (exact) mass is 300 g/mol. The van der Waals surface area contributed by atoms with Gasteiger partial charge in [0.1, 0.15) is 5.82 Å². The second-order valence-corrected chi connectivity index (χ2v) is 5.07. The molecule has 0 spiro atoms. The van der Waals surface area contributed by atoms with Crippen LogP contribution in [-0.4, -0.2) is 29.9 Å². The van der Waals surface area contributed by atoms with Crippen LogP contribution in [0.4, 0.5) is 4.39 Å². The lowest BCUT2D eigenvalue weighted by atomic mass is 10.1. The first-order valence-electron chi connectivity index (χ1n) is 5.59. The molecular weight excluding hydrogens is 287 g/mol. The van der Waals surface area contributed by atoms with Gasteiger partial charge >= 0.3 is 0 Å². The van der Waals surface area contributed by atoms with E-state index < -0.39 is 5.82 Å². The second-order valence-electron chi connectivity index (χ2n) is 4.15. The molecule has 2 N–H and O–H groups in total. The molecule has 1 atom stereocenters. The van der Waals surface area contributed by atoms with Crippen molar-refractivity contribution in [3.05, 3.63) is 34.1 Å². The van der Waals surface area contributed by atoms with Crippen molar-refractivity contribution in [1.82, 2.24) is 4.90 Å². The number of halogens is 2. The maximum Gasteiger partial charge on any atom is 0.257 e. The van der Waals surface area contributed by atoms with Crippen molar-refractivity contribution in [2.75, 3.05) is 13.1 Å². The van der Waals surface area contributed by atoms with Gasteiger partial charge in [-0.05, 0) is 31.0 Å². The molecule has 0 aromatic heterocycles. The molecule has 1 amide bonds. The van der Waals surface area contributed by atoms with E-state index in [1.54, 1.807) is 11.0 Å². The van der Waals surface area contributed by atoms with Crippen LogP contribution >= 0.6 is 15.9 Å². The topological polar surface area (TPSA) is 46.3 Å². The molecule has 1 aromatic rings. The highest BCUT2D eigenvalue weighted by molar-refractivity contribution is 9.10. The number of benzene rings is 1. The Morgan fingerprint density at radius 2 is 2.35 bits per heavy atom. The quantitative estimate of drug-likeness (QED) is 0.910. The maximum atomic E-state index is 13.6. The summed E-state index contributed by atoms with van der Waals surface area (Å²) in [5.74, 6) is -0.752. The maximum absolute atomic E-state index is 13.6. The zero-order valence-electron chi connectivity index (χ0n) is 9.33. The highest BCUT2D eigenvalue weighted by Gasteiger charge is 2.29. The van der Waals surface area contributed by atoms with E-state index in [2.05, 4.69) is 15.9 Å². The number of carbonyl (C=O) groups excluding carboxylic acids is 1. The SMILES string of the molecule is NCC1CCCN1C(=O)c1cc(Br)ccc1F. The lowest BCUT2D eigenvalue weighted by molar-refractivity contribution is 0.0736. The number of rotatable bonds is 2. The average molecular weight is 301 g/mol. The van der Waals surface area contributed by atoms with Crippen LogP contribution in [0.25, 0.3) is 0 Å². The molecule has 0 radical (unpaired) electrons. The number of hydrogen-bond donors (Lipinski definition) is 1. The molecule has 1 aliphatic rings. The minimum absolute atomic E-state index is 0.0425. The Hall–Kier alpha value is -0.940. The summed E-state index contributed by atoms with van der Waals surface area (Å²) in [5.41, 5.74) is 5.72. The van der Waals surface area contributed by atoms with Crippen LogP contribution < -0.4 is 5.73 Å². The van der Waals surface area contributed by atoms with Crippen LogP contribution in [0.15, 0.2) is 22.7 Å². The minimum Gasteiger partial charge on any atom is -0.334 e. The third kappa shape index (κ3) is 2.50. The molecule has 1 unspecified atom stereocenters. The molecule has 3 nitrogen and oxygen atoms in total. The fraction of sp³-hybridized carbons (Fsp3) is 0.417. The normalized spacial score (nSPS) is 19.7.